The Morgan fingerprint density at radius 3 is 2.81 bits per heavy atom. The van der Waals surface area contributed by atoms with Crippen LogP contribution >= 0.6 is 0 Å². The molecule has 0 saturated heterocycles. The molecule has 1 heterocycles. The highest BCUT2D eigenvalue weighted by Gasteiger charge is 2.00. The lowest BCUT2D eigenvalue weighted by molar-refractivity contribution is -0.119. The van der Waals surface area contributed by atoms with E-state index >= 15 is 0 Å². The number of aromatic nitrogens is 1. The molecule has 1 rings (SSSR count). The molecule has 0 aliphatic rings. The molecule has 1 amide bonds. The zero-order valence-corrected chi connectivity index (χ0v) is 9.71. The Hall–Kier alpha value is -1.78. The Kier molecular flexibility index (Phi) is 5.11. The molecule has 1 aromatic heterocycles. The van der Waals surface area contributed by atoms with Crippen molar-refractivity contribution < 1.29 is 4.79 Å². The number of nitrogens with zero attached hydrogens (tertiary/aromatic N) is 1. The third-order valence-electron chi connectivity index (χ3n) is 2.05. The van der Waals surface area contributed by atoms with Crippen LogP contribution in [-0.2, 0) is 4.79 Å². The van der Waals surface area contributed by atoms with E-state index in [1.807, 2.05) is 20.0 Å². The van der Waals surface area contributed by atoms with Gasteiger partial charge in [0.05, 0.1) is 30.3 Å². The van der Waals surface area contributed by atoms with Gasteiger partial charge in [-0.1, -0.05) is 6.92 Å². The molecule has 0 atom stereocenters. The van der Waals surface area contributed by atoms with Crippen molar-refractivity contribution in [3.8, 4) is 0 Å². The lowest BCUT2D eigenvalue weighted by Gasteiger charge is -2.07. The first-order valence-electron chi connectivity index (χ1n) is 5.39. The van der Waals surface area contributed by atoms with Crippen LogP contribution in [0.5, 0.6) is 0 Å². The van der Waals surface area contributed by atoms with Gasteiger partial charge in [-0.3, -0.25) is 9.78 Å². The van der Waals surface area contributed by atoms with Gasteiger partial charge in [0.25, 0.3) is 0 Å². The average Bonchev–Trinajstić information content (AvgIpc) is 2.34. The van der Waals surface area contributed by atoms with Crippen molar-refractivity contribution in [3.63, 3.8) is 0 Å². The largest absolute Gasteiger partial charge is 0.387 e. The number of amides is 1. The van der Waals surface area contributed by atoms with Crippen molar-refractivity contribution in [2.24, 2.45) is 0 Å². The quantitative estimate of drug-likeness (QED) is 0.673. The Labute approximate surface area is 95.7 Å². The third-order valence-corrected chi connectivity index (χ3v) is 2.05. The van der Waals surface area contributed by atoms with Gasteiger partial charge in [0.1, 0.15) is 0 Å². The van der Waals surface area contributed by atoms with Gasteiger partial charge in [0.2, 0.25) is 5.91 Å². The summed E-state index contributed by atoms with van der Waals surface area (Å²) >= 11 is 0. The number of rotatable bonds is 6. The average molecular weight is 222 g/mol. The number of carbonyl (C=O) groups excluding carboxylic acids is 1. The molecular weight excluding hydrogens is 204 g/mol. The summed E-state index contributed by atoms with van der Waals surface area (Å²) in [6.07, 6.45) is 4.36. The van der Waals surface area contributed by atoms with Gasteiger partial charge in [-0.05, 0) is 12.5 Å². The summed E-state index contributed by atoms with van der Waals surface area (Å²) in [7, 11) is 1.83. The fourth-order valence-corrected chi connectivity index (χ4v) is 1.18. The first-order valence-corrected chi connectivity index (χ1v) is 5.39. The number of anilines is 2. The molecule has 5 nitrogen and oxygen atoms in total. The first kappa shape index (κ1) is 12.3. The van der Waals surface area contributed by atoms with Crippen molar-refractivity contribution in [1.82, 2.24) is 10.3 Å². The molecule has 0 aliphatic carbocycles. The van der Waals surface area contributed by atoms with Crippen LogP contribution in [-0.4, -0.2) is 31.0 Å². The molecule has 0 aromatic carbocycles. The van der Waals surface area contributed by atoms with Gasteiger partial charge in [0.15, 0.2) is 0 Å². The highest BCUT2D eigenvalue weighted by atomic mass is 16.1. The van der Waals surface area contributed by atoms with Crippen LogP contribution in [0.15, 0.2) is 18.5 Å². The summed E-state index contributed by atoms with van der Waals surface area (Å²) in [5.41, 5.74) is 1.75. The lowest BCUT2D eigenvalue weighted by Crippen LogP contribution is -2.30. The monoisotopic (exact) mass is 222 g/mol. The second kappa shape index (κ2) is 6.66. The van der Waals surface area contributed by atoms with Gasteiger partial charge in [-0.25, -0.2) is 0 Å². The van der Waals surface area contributed by atoms with Gasteiger partial charge < -0.3 is 16.0 Å². The summed E-state index contributed by atoms with van der Waals surface area (Å²) in [4.78, 5) is 15.4. The zero-order chi connectivity index (χ0) is 11.8. The molecule has 1 aromatic rings. The predicted octanol–water partition coefficient (Wildman–Crippen LogP) is 1.06. The molecule has 3 N–H and O–H groups in total. The smallest absolute Gasteiger partial charge is 0.239 e. The summed E-state index contributed by atoms with van der Waals surface area (Å²) in [5, 5.41) is 8.79. The minimum absolute atomic E-state index is 0.00305. The highest BCUT2D eigenvalue weighted by Crippen LogP contribution is 2.11. The van der Waals surface area contributed by atoms with E-state index in [4.69, 9.17) is 0 Å². The van der Waals surface area contributed by atoms with Crippen LogP contribution < -0.4 is 16.0 Å². The Bertz CT molecular complexity index is 341. The maximum atomic E-state index is 11.3. The molecule has 0 saturated carbocycles. The van der Waals surface area contributed by atoms with E-state index in [1.165, 1.54) is 0 Å². The standard InChI is InChI=1S/C11H18N4O/c1-3-4-14-11(16)8-15-10-5-9(12-2)6-13-7-10/h5-7,12,15H,3-4,8H2,1-2H3,(H,14,16). The SMILES string of the molecule is CCCNC(=O)CNc1cncc(NC)c1. The van der Waals surface area contributed by atoms with Crippen molar-refractivity contribution in [3.05, 3.63) is 18.5 Å². The molecule has 0 radical (unpaired) electrons. The van der Waals surface area contributed by atoms with Crippen LogP contribution in [0, 0.1) is 0 Å². The minimum Gasteiger partial charge on any atom is -0.387 e. The van der Waals surface area contributed by atoms with E-state index in [0.717, 1.165) is 24.3 Å². The van der Waals surface area contributed by atoms with E-state index < -0.39 is 0 Å². The number of pyridine rings is 1. The predicted molar refractivity (Wildman–Crippen MR) is 65.6 cm³/mol. The van der Waals surface area contributed by atoms with Gasteiger partial charge in [-0.2, -0.15) is 0 Å². The van der Waals surface area contributed by atoms with E-state index in [0.29, 0.717) is 0 Å². The molecule has 0 bridgehead atoms. The lowest BCUT2D eigenvalue weighted by atomic mass is 10.3. The third kappa shape index (κ3) is 4.16. The van der Waals surface area contributed by atoms with Crippen LogP contribution in [0.25, 0.3) is 0 Å². The van der Waals surface area contributed by atoms with Gasteiger partial charge >= 0.3 is 0 Å². The normalized spacial score (nSPS) is 9.62. The van der Waals surface area contributed by atoms with Crippen LogP contribution in [0.2, 0.25) is 0 Å². The maximum Gasteiger partial charge on any atom is 0.239 e. The second-order valence-corrected chi connectivity index (χ2v) is 3.42. The minimum atomic E-state index is -0.00305. The molecule has 0 aliphatic heterocycles. The zero-order valence-electron chi connectivity index (χ0n) is 9.71. The second-order valence-electron chi connectivity index (χ2n) is 3.42. The molecule has 0 fully saturated rings. The van der Waals surface area contributed by atoms with Crippen molar-refractivity contribution >= 4 is 17.3 Å². The highest BCUT2D eigenvalue weighted by molar-refractivity contribution is 5.80. The van der Waals surface area contributed by atoms with E-state index in [2.05, 4.69) is 20.9 Å². The topological polar surface area (TPSA) is 66.0 Å². The van der Waals surface area contributed by atoms with E-state index in [-0.39, 0.29) is 12.5 Å². The van der Waals surface area contributed by atoms with Crippen molar-refractivity contribution in [2.45, 2.75) is 13.3 Å². The molecule has 0 spiro atoms. The van der Waals surface area contributed by atoms with Crippen molar-refractivity contribution in [1.29, 1.82) is 0 Å². The number of hydrogen-bond donors (Lipinski definition) is 3. The fraction of sp³-hybridized carbons (Fsp3) is 0.455. The van der Waals surface area contributed by atoms with Crippen LogP contribution in [0.4, 0.5) is 11.4 Å². The number of carbonyl (C=O) groups is 1. The molecule has 16 heavy (non-hydrogen) atoms. The van der Waals surface area contributed by atoms with Gasteiger partial charge in [-0.15, -0.1) is 0 Å². The molecule has 5 heteroatoms. The number of hydrogen-bond acceptors (Lipinski definition) is 4. The summed E-state index contributed by atoms with van der Waals surface area (Å²) in [6.45, 7) is 3.01. The summed E-state index contributed by atoms with van der Waals surface area (Å²) < 4.78 is 0. The van der Waals surface area contributed by atoms with E-state index in [1.54, 1.807) is 12.4 Å². The summed E-state index contributed by atoms with van der Waals surface area (Å²) in [6, 6.07) is 1.90. The summed E-state index contributed by atoms with van der Waals surface area (Å²) in [5.74, 6) is -0.00305. The Balaban J connectivity index is 2.38. The molecule has 0 unspecified atom stereocenters. The Morgan fingerprint density at radius 2 is 2.12 bits per heavy atom. The molecule has 88 valence electrons. The first-order chi connectivity index (χ1) is 7.76. The number of nitrogens with one attached hydrogen (secondary N) is 3. The van der Waals surface area contributed by atoms with Gasteiger partial charge in [0, 0.05) is 13.6 Å². The Morgan fingerprint density at radius 1 is 1.38 bits per heavy atom. The maximum absolute atomic E-state index is 11.3. The van der Waals surface area contributed by atoms with Crippen LogP contribution in [0.1, 0.15) is 13.3 Å². The van der Waals surface area contributed by atoms with Crippen molar-refractivity contribution in [2.75, 3.05) is 30.8 Å². The van der Waals surface area contributed by atoms with Crippen LogP contribution in [0.3, 0.4) is 0 Å². The molecular formula is C11H18N4O. The van der Waals surface area contributed by atoms with E-state index in [9.17, 15) is 4.79 Å². The fourth-order valence-electron chi connectivity index (χ4n) is 1.18.